The number of carbonyl (C=O) groups excluding carboxylic acids is 2. The molecule has 2 amide bonds. The SMILES string of the molecule is CCCOC(=O)N1CCN(C(=O)c2ccc3c(Cl)c(C)c(-c4ccc(OC)cc4)nc3c2)[C@@H](C)C1. The van der Waals surface area contributed by atoms with Gasteiger partial charge in [-0.2, -0.15) is 0 Å². The molecule has 1 saturated heterocycles. The topological polar surface area (TPSA) is 72.0 Å². The van der Waals surface area contributed by atoms with Crippen molar-refractivity contribution < 1.29 is 19.1 Å². The first kappa shape index (κ1) is 24.8. The van der Waals surface area contributed by atoms with E-state index in [9.17, 15) is 9.59 Å². The Hall–Kier alpha value is -3.32. The van der Waals surface area contributed by atoms with Gasteiger partial charge in [-0.3, -0.25) is 4.79 Å². The maximum Gasteiger partial charge on any atom is 0.409 e. The zero-order valence-corrected chi connectivity index (χ0v) is 21.3. The van der Waals surface area contributed by atoms with Gasteiger partial charge in [-0.25, -0.2) is 9.78 Å². The molecule has 2 heterocycles. The van der Waals surface area contributed by atoms with Gasteiger partial charge in [0.15, 0.2) is 0 Å². The van der Waals surface area contributed by atoms with E-state index in [0.29, 0.717) is 42.3 Å². The second-order valence-electron chi connectivity index (χ2n) is 8.77. The van der Waals surface area contributed by atoms with Crippen molar-refractivity contribution in [3.05, 3.63) is 58.6 Å². The summed E-state index contributed by atoms with van der Waals surface area (Å²) in [5, 5.41) is 1.42. The van der Waals surface area contributed by atoms with Gasteiger partial charge in [0.1, 0.15) is 5.75 Å². The van der Waals surface area contributed by atoms with Crippen LogP contribution < -0.4 is 4.74 Å². The highest BCUT2D eigenvalue weighted by atomic mass is 35.5. The third kappa shape index (κ3) is 5.05. The Bertz CT molecular complexity index is 1250. The molecule has 0 unspecified atom stereocenters. The standard InChI is InChI=1S/C27H30ClN3O4/c1-5-14-35-27(33)30-12-13-31(17(2)16-30)26(32)20-8-11-22-23(15-20)29-25(18(3)24(22)28)19-6-9-21(34-4)10-7-19/h6-11,15,17H,5,12-14,16H2,1-4H3/t17-/m0/s1. The van der Waals surface area contributed by atoms with Crippen LogP contribution in [0.4, 0.5) is 4.79 Å². The monoisotopic (exact) mass is 495 g/mol. The van der Waals surface area contributed by atoms with Gasteiger partial charge < -0.3 is 19.3 Å². The van der Waals surface area contributed by atoms with E-state index in [-0.39, 0.29) is 18.0 Å². The molecule has 7 nitrogen and oxygen atoms in total. The number of piperazine rings is 1. The minimum absolute atomic E-state index is 0.0922. The second kappa shape index (κ2) is 10.5. The minimum Gasteiger partial charge on any atom is -0.497 e. The fourth-order valence-corrected chi connectivity index (χ4v) is 4.60. The van der Waals surface area contributed by atoms with Crippen molar-refractivity contribution in [3.63, 3.8) is 0 Å². The number of fused-ring (bicyclic) bond motifs is 1. The highest BCUT2D eigenvalue weighted by Crippen LogP contribution is 2.34. The van der Waals surface area contributed by atoms with Crippen LogP contribution in [0.5, 0.6) is 5.75 Å². The van der Waals surface area contributed by atoms with E-state index in [0.717, 1.165) is 34.4 Å². The number of methoxy groups -OCH3 is 1. The van der Waals surface area contributed by atoms with Gasteiger partial charge in [-0.05, 0) is 62.2 Å². The summed E-state index contributed by atoms with van der Waals surface area (Å²) in [7, 11) is 1.63. The lowest BCUT2D eigenvalue weighted by Gasteiger charge is -2.39. The molecular formula is C27H30ClN3O4. The van der Waals surface area contributed by atoms with Crippen LogP contribution in [0.2, 0.25) is 5.02 Å². The lowest BCUT2D eigenvalue weighted by molar-refractivity contribution is 0.0414. The average Bonchev–Trinajstić information content (AvgIpc) is 2.88. The summed E-state index contributed by atoms with van der Waals surface area (Å²) in [6.07, 6.45) is 0.455. The van der Waals surface area contributed by atoms with Crippen molar-refractivity contribution in [1.29, 1.82) is 0 Å². The molecule has 4 rings (SSSR count). The number of nitrogens with zero attached hydrogens (tertiary/aromatic N) is 3. The number of carbonyl (C=O) groups is 2. The quantitative estimate of drug-likeness (QED) is 0.463. The predicted molar refractivity (Wildman–Crippen MR) is 137 cm³/mol. The normalized spacial score (nSPS) is 15.9. The van der Waals surface area contributed by atoms with Gasteiger partial charge >= 0.3 is 6.09 Å². The first-order valence-corrected chi connectivity index (χ1v) is 12.2. The van der Waals surface area contributed by atoms with Crippen LogP contribution in [-0.2, 0) is 4.74 Å². The summed E-state index contributed by atoms with van der Waals surface area (Å²) in [5.74, 6) is 0.671. The van der Waals surface area contributed by atoms with Crippen molar-refractivity contribution in [1.82, 2.24) is 14.8 Å². The Labute approximate surface area is 210 Å². The highest BCUT2D eigenvalue weighted by Gasteiger charge is 2.31. The van der Waals surface area contributed by atoms with Gasteiger partial charge in [0.05, 0.1) is 29.9 Å². The summed E-state index contributed by atoms with van der Waals surface area (Å²) in [6.45, 7) is 7.57. The van der Waals surface area contributed by atoms with Crippen LogP contribution in [0.15, 0.2) is 42.5 Å². The molecule has 1 atom stereocenters. The summed E-state index contributed by atoms with van der Waals surface area (Å²) in [5.41, 5.74) is 3.76. The zero-order valence-electron chi connectivity index (χ0n) is 20.5. The molecule has 1 fully saturated rings. The third-order valence-electron chi connectivity index (χ3n) is 6.34. The van der Waals surface area contributed by atoms with E-state index in [1.165, 1.54) is 0 Å². The Balaban J connectivity index is 1.59. The van der Waals surface area contributed by atoms with E-state index in [2.05, 4.69) is 0 Å². The van der Waals surface area contributed by atoms with Crippen molar-refractivity contribution in [2.24, 2.45) is 0 Å². The maximum atomic E-state index is 13.4. The molecule has 184 valence electrons. The molecule has 1 aliphatic rings. The van der Waals surface area contributed by atoms with E-state index in [4.69, 9.17) is 26.1 Å². The van der Waals surface area contributed by atoms with E-state index in [1.54, 1.807) is 29.0 Å². The number of rotatable bonds is 5. The Morgan fingerprint density at radius 1 is 1.14 bits per heavy atom. The highest BCUT2D eigenvalue weighted by molar-refractivity contribution is 6.36. The molecule has 0 bridgehead atoms. The molecule has 2 aromatic carbocycles. The molecule has 35 heavy (non-hydrogen) atoms. The summed E-state index contributed by atoms with van der Waals surface area (Å²) >= 11 is 6.72. The summed E-state index contributed by atoms with van der Waals surface area (Å²) in [4.78, 5) is 33.9. The first-order valence-electron chi connectivity index (χ1n) is 11.8. The molecular weight excluding hydrogens is 466 g/mol. The number of benzene rings is 2. The number of ether oxygens (including phenoxy) is 2. The molecule has 1 aliphatic heterocycles. The molecule has 0 N–H and O–H groups in total. The second-order valence-corrected chi connectivity index (χ2v) is 9.15. The summed E-state index contributed by atoms with van der Waals surface area (Å²) < 4.78 is 10.5. The van der Waals surface area contributed by atoms with E-state index in [1.807, 2.05) is 51.1 Å². The smallest absolute Gasteiger partial charge is 0.409 e. The average molecular weight is 496 g/mol. The number of pyridine rings is 1. The molecule has 3 aromatic rings. The Morgan fingerprint density at radius 2 is 1.89 bits per heavy atom. The third-order valence-corrected chi connectivity index (χ3v) is 6.82. The van der Waals surface area contributed by atoms with E-state index < -0.39 is 0 Å². The fraction of sp³-hybridized carbons (Fsp3) is 0.370. The van der Waals surface area contributed by atoms with Crippen LogP contribution in [-0.4, -0.2) is 66.2 Å². The van der Waals surface area contributed by atoms with Crippen LogP contribution >= 0.6 is 11.6 Å². The van der Waals surface area contributed by atoms with Gasteiger partial charge in [-0.1, -0.05) is 24.6 Å². The Kier molecular flexibility index (Phi) is 7.45. The van der Waals surface area contributed by atoms with Crippen LogP contribution in [0.1, 0.15) is 36.2 Å². The number of hydrogen-bond acceptors (Lipinski definition) is 5. The van der Waals surface area contributed by atoms with Crippen molar-refractivity contribution in [2.45, 2.75) is 33.2 Å². The summed E-state index contributed by atoms with van der Waals surface area (Å²) in [6, 6.07) is 13.0. The van der Waals surface area contributed by atoms with E-state index >= 15 is 0 Å². The van der Waals surface area contributed by atoms with Gasteiger partial charge in [0, 0.05) is 42.2 Å². The number of halogens is 1. The lowest BCUT2D eigenvalue weighted by Crippen LogP contribution is -2.55. The van der Waals surface area contributed by atoms with Crippen LogP contribution in [0, 0.1) is 6.92 Å². The molecule has 0 saturated carbocycles. The maximum absolute atomic E-state index is 13.4. The molecule has 1 aromatic heterocycles. The van der Waals surface area contributed by atoms with Gasteiger partial charge in [0.2, 0.25) is 0 Å². The van der Waals surface area contributed by atoms with Crippen LogP contribution in [0.25, 0.3) is 22.2 Å². The predicted octanol–water partition coefficient (Wildman–Crippen LogP) is 5.57. The van der Waals surface area contributed by atoms with Crippen molar-refractivity contribution >= 4 is 34.5 Å². The number of amides is 2. The molecule has 0 spiro atoms. The van der Waals surface area contributed by atoms with Crippen LogP contribution in [0.3, 0.4) is 0 Å². The number of hydrogen-bond donors (Lipinski definition) is 0. The zero-order chi connectivity index (χ0) is 25.1. The minimum atomic E-state index is -0.322. The molecule has 8 heteroatoms. The van der Waals surface area contributed by atoms with Gasteiger partial charge in [-0.15, -0.1) is 0 Å². The molecule has 0 radical (unpaired) electrons. The Morgan fingerprint density at radius 3 is 2.54 bits per heavy atom. The lowest BCUT2D eigenvalue weighted by atomic mass is 10.0. The fourth-order valence-electron chi connectivity index (χ4n) is 4.35. The molecule has 0 aliphatic carbocycles. The van der Waals surface area contributed by atoms with Crippen molar-refractivity contribution in [2.75, 3.05) is 33.4 Å². The van der Waals surface area contributed by atoms with Gasteiger partial charge in [0.25, 0.3) is 5.91 Å². The van der Waals surface area contributed by atoms with Crippen molar-refractivity contribution in [3.8, 4) is 17.0 Å². The number of aromatic nitrogens is 1. The largest absolute Gasteiger partial charge is 0.497 e. The first-order chi connectivity index (χ1) is 16.8.